The molecule has 0 aromatic rings. The fourth-order valence-corrected chi connectivity index (χ4v) is 2.26. The van der Waals surface area contributed by atoms with Crippen LogP contribution in [0.15, 0.2) is 0 Å². The van der Waals surface area contributed by atoms with Gasteiger partial charge in [-0.15, -0.1) is 0 Å². The lowest BCUT2D eigenvalue weighted by molar-refractivity contribution is -0.0505. The molecule has 1 rings (SSSR count). The number of likely N-dealkylation sites (tertiary alicyclic amines) is 1. The lowest BCUT2D eigenvalue weighted by Gasteiger charge is -2.42. The first-order valence-corrected chi connectivity index (χ1v) is 6.51. The molecule has 0 amide bonds. The van der Waals surface area contributed by atoms with Gasteiger partial charge < -0.3 is 14.9 Å². The molecule has 0 aliphatic carbocycles. The molecule has 1 saturated heterocycles. The maximum absolute atomic E-state index is 10.5. The first kappa shape index (κ1) is 13.9. The standard InChI is InChI=1S/C13H28N2O/c1-11(2)14(5)10-13(16)6-8-15(9-7-13)12(3)4/h11-12,16H,6-10H2,1-5H3. The van der Waals surface area contributed by atoms with E-state index in [0.29, 0.717) is 12.1 Å². The van der Waals surface area contributed by atoms with Crippen molar-refractivity contribution in [3.05, 3.63) is 0 Å². The SMILES string of the molecule is CC(C)N(C)CC1(O)CCN(C(C)C)CC1. The predicted octanol–water partition coefficient (Wildman–Crippen LogP) is 1.56. The van der Waals surface area contributed by atoms with Gasteiger partial charge in [-0.2, -0.15) is 0 Å². The maximum atomic E-state index is 10.5. The second kappa shape index (κ2) is 5.48. The summed E-state index contributed by atoms with van der Waals surface area (Å²) < 4.78 is 0. The van der Waals surface area contributed by atoms with Crippen molar-refractivity contribution < 1.29 is 5.11 Å². The molecule has 16 heavy (non-hydrogen) atoms. The van der Waals surface area contributed by atoms with Crippen molar-refractivity contribution in [1.82, 2.24) is 9.80 Å². The van der Waals surface area contributed by atoms with Gasteiger partial charge >= 0.3 is 0 Å². The summed E-state index contributed by atoms with van der Waals surface area (Å²) in [7, 11) is 2.09. The molecule has 0 unspecified atom stereocenters. The van der Waals surface area contributed by atoms with E-state index in [1.54, 1.807) is 0 Å². The number of piperidine rings is 1. The van der Waals surface area contributed by atoms with Crippen LogP contribution in [0, 0.1) is 0 Å². The highest BCUT2D eigenvalue weighted by molar-refractivity contribution is 4.89. The van der Waals surface area contributed by atoms with Gasteiger partial charge in [0, 0.05) is 31.7 Å². The van der Waals surface area contributed by atoms with Crippen molar-refractivity contribution in [3.8, 4) is 0 Å². The third kappa shape index (κ3) is 3.72. The molecule has 3 heteroatoms. The van der Waals surface area contributed by atoms with Crippen LogP contribution >= 0.6 is 0 Å². The molecular weight excluding hydrogens is 200 g/mol. The van der Waals surface area contributed by atoms with Crippen LogP contribution in [0.1, 0.15) is 40.5 Å². The zero-order valence-corrected chi connectivity index (χ0v) is 11.5. The fourth-order valence-electron chi connectivity index (χ4n) is 2.26. The zero-order valence-electron chi connectivity index (χ0n) is 11.5. The molecule has 3 nitrogen and oxygen atoms in total. The van der Waals surface area contributed by atoms with E-state index in [4.69, 9.17) is 0 Å². The van der Waals surface area contributed by atoms with Gasteiger partial charge in [-0.25, -0.2) is 0 Å². The van der Waals surface area contributed by atoms with Gasteiger partial charge in [0.15, 0.2) is 0 Å². The molecule has 0 bridgehead atoms. The molecule has 96 valence electrons. The van der Waals surface area contributed by atoms with Crippen molar-refractivity contribution in [2.75, 3.05) is 26.7 Å². The number of nitrogens with zero attached hydrogens (tertiary/aromatic N) is 2. The van der Waals surface area contributed by atoms with Crippen molar-refractivity contribution in [1.29, 1.82) is 0 Å². The quantitative estimate of drug-likeness (QED) is 0.791. The lowest BCUT2D eigenvalue weighted by Crippen LogP contribution is -2.52. The Morgan fingerprint density at radius 3 is 2.06 bits per heavy atom. The molecule has 0 aromatic heterocycles. The van der Waals surface area contributed by atoms with Gasteiger partial charge in [-0.05, 0) is 47.6 Å². The topological polar surface area (TPSA) is 26.7 Å². The first-order chi connectivity index (χ1) is 7.34. The number of rotatable bonds is 4. The van der Waals surface area contributed by atoms with Crippen LogP contribution in [-0.4, -0.2) is 59.3 Å². The van der Waals surface area contributed by atoms with Crippen LogP contribution < -0.4 is 0 Å². The van der Waals surface area contributed by atoms with Gasteiger partial charge in [0.25, 0.3) is 0 Å². The summed E-state index contributed by atoms with van der Waals surface area (Å²) in [6.45, 7) is 11.7. The zero-order chi connectivity index (χ0) is 12.3. The van der Waals surface area contributed by atoms with E-state index in [9.17, 15) is 5.11 Å². The Labute approximate surface area is 100 Å². The second-order valence-corrected chi connectivity index (χ2v) is 5.86. The molecule has 1 N–H and O–H groups in total. The Kier molecular flexibility index (Phi) is 4.77. The van der Waals surface area contributed by atoms with Crippen molar-refractivity contribution in [2.45, 2.75) is 58.2 Å². The number of aliphatic hydroxyl groups is 1. The van der Waals surface area contributed by atoms with E-state index < -0.39 is 5.60 Å². The van der Waals surface area contributed by atoms with E-state index in [2.05, 4.69) is 44.5 Å². The van der Waals surface area contributed by atoms with Gasteiger partial charge in [0.2, 0.25) is 0 Å². The van der Waals surface area contributed by atoms with Crippen molar-refractivity contribution in [3.63, 3.8) is 0 Å². The largest absolute Gasteiger partial charge is 0.388 e. The average Bonchev–Trinajstić information content (AvgIpc) is 2.17. The van der Waals surface area contributed by atoms with Gasteiger partial charge in [-0.1, -0.05) is 0 Å². The molecular formula is C13H28N2O. The fraction of sp³-hybridized carbons (Fsp3) is 1.00. The van der Waals surface area contributed by atoms with Crippen molar-refractivity contribution >= 4 is 0 Å². The Balaban J connectivity index is 2.44. The molecule has 1 aliphatic rings. The summed E-state index contributed by atoms with van der Waals surface area (Å²) in [5.41, 5.74) is -0.468. The molecule has 0 saturated carbocycles. The van der Waals surface area contributed by atoms with E-state index in [1.165, 1.54) is 0 Å². The average molecular weight is 228 g/mol. The Morgan fingerprint density at radius 1 is 1.19 bits per heavy atom. The molecule has 0 spiro atoms. The smallest absolute Gasteiger partial charge is 0.0798 e. The summed E-state index contributed by atoms with van der Waals surface area (Å²) in [4.78, 5) is 4.69. The van der Waals surface area contributed by atoms with E-state index >= 15 is 0 Å². The molecule has 1 heterocycles. The molecule has 1 fully saturated rings. The van der Waals surface area contributed by atoms with Gasteiger partial charge in [0.1, 0.15) is 0 Å². The van der Waals surface area contributed by atoms with Crippen LogP contribution in [0.3, 0.4) is 0 Å². The van der Waals surface area contributed by atoms with Gasteiger partial charge in [-0.3, -0.25) is 0 Å². The number of hydrogen-bond donors (Lipinski definition) is 1. The van der Waals surface area contributed by atoms with Crippen LogP contribution in [0.25, 0.3) is 0 Å². The summed E-state index contributed by atoms with van der Waals surface area (Å²) in [5, 5.41) is 10.5. The van der Waals surface area contributed by atoms with E-state index in [-0.39, 0.29) is 0 Å². The maximum Gasteiger partial charge on any atom is 0.0798 e. The van der Waals surface area contributed by atoms with Crippen LogP contribution in [0.4, 0.5) is 0 Å². The van der Waals surface area contributed by atoms with Crippen LogP contribution in [0.2, 0.25) is 0 Å². The summed E-state index contributed by atoms with van der Waals surface area (Å²) >= 11 is 0. The third-order valence-electron chi connectivity index (χ3n) is 3.88. The third-order valence-corrected chi connectivity index (χ3v) is 3.88. The Morgan fingerprint density at radius 2 is 1.69 bits per heavy atom. The Hall–Kier alpha value is -0.120. The Bertz CT molecular complexity index is 208. The number of likely N-dealkylation sites (N-methyl/N-ethyl adjacent to an activating group) is 1. The molecule has 1 aliphatic heterocycles. The lowest BCUT2D eigenvalue weighted by atomic mass is 9.90. The van der Waals surface area contributed by atoms with Crippen LogP contribution in [-0.2, 0) is 0 Å². The normalized spacial score (nSPS) is 22.3. The highest BCUT2D eigenvalue weighted by atomic mass is 16.3. The van der Waals surface area contributed by atoms with Crippen LogP contribution in [0.5, 0.6) is 0 Å². The molecule has 0 radical (unpaired) electrons. The van der Waals surface area contributed by atoms with E-state index in [1.807, 2.05) is 0 Å². The highest BCUT2D eigenvalue weighted by Gasteiger charge is 2.34. The van der Waals surface area contributed by atoms with Gasteiger partial charge in [0.05, 0.1) is 5.60 Å². The van der Waals surface area contributed by atoms with Crippen molar-refractivity contribution in [2.24, 2.45) is 0 Å². The minimum Gasteiger partial charge on any atom is -0.388 e. The summed E-state index contributed by atoms with van der Waals surface area (Å²) in [5.74, 6) is 0. The second-order valence-electron chi connectivity index (χ2n) is 5.86. The minimum absolute atomic E-state index is 0.468. The predicted molar refractivity (Wildman–Crippen MR) is 68.7 cm³/mol. The molecule has 0 aromatic carbocycles. The molecule has 0 atom stereocenters. The summed E-state index contributed by atoms with van der Waals surface area (Å²) in [6, 6.07) is 1.11. The minimum atomic E-state index is -0.468. The summed E-state index contributed by atoms with van der Waals surface area (Å²) in [6.07, 6.45) is 1.81. The monoisotopic (exact) mass is 228 g/mol. The number of hydrogen-bond acceptors (Lipinski definition) is 3. The highest BCUT2D eigenvalue weighted by Crippen LogP contribution is 2.24. The first-order valence-electron chi connectivity index (χ1n) is 6.51. The van der Waals surface area contributed by atoms with E-state index in [0.717, 1.165) is 32.5 Å².